The van der Waals surface area contributed by atoms with Crippen LogP contribution in [0.5, 0.6) is 11.6 Å². The van der Waals surface area contributed by atoms with Gasteiger partial charge < -0.3 is 19.7 Å². The van der Waals surface area contributed by atoms with E-state index in [2.05, 4.69) is 34.6 Å². The molecule has 0 unspecified atom stereocenters. The maximum atomic E-state index is 14.3. The van der Waals surface area contributed by atoms with E-state index in [1.807, 2.05) is 17.9 Å². The number of nitrogens with zero attached hydrogens (tertiary/aromatic N) is 2. The highest BCUT2D eigenvalue weighted by Gasteiger charge is 2.50. The first-order chi connectivity index (χ1) is 20.8. The zero-order chi connectivity index (χ0) is 30.1. The lowest BCUT2D eigenvalue weighted by Crippen LogP contribution is -2.42. The Bertz CT molecular complexity index is 1550. The van der Waals surface area contributed by atoms with Gasteiger partial charge in [0, 0.05) is 48.4 Å². The van der Waals surface area contributed by atoms with Gasteiger partial charge in [-0.15, -0.1) is 0 Å². The molecule has 2 saturated carbocycles. The first-order valence-corrected chi connectivity index (χ1v) is 15.3. The molecule has 0 bridgehead atoms. The molecule has 1 aromatic heterocycles. The van der Waals surface area contributed by atoms with Crippen LogP contribution in [0.4, 0.5) is 8.78 Å². The number of hydrogen-bond donors (Lipinski definition) is 1. The van der Waals surface area contributed by atoms with E-state index in [1.165, 1.54) is 5.57 Å². The van der Waals surface area contributed by atoms with Crippen molar-refractivity contribution in [1.29, 1.82) is 0 Å². The summed E-state index contributed by atoms with van der Waals surface area (Å²) in [6, 6.07) is 12.6. The number of halogens is 3. The molecule has 1 N–H and O–H groups in total. The molecular formula is C34H36ClF2N3O3. The number of aromatic nitrogens is 1. The van der Waals surface area contributed by atoms with E-state index >= 15 is 0 Å². The minimum absolute atomic E-state index is 0.00206. The average Bonchev–Trinajstić information content (AvgIpc) is 3.96. The van der Waals surface area contributed by atoms with E-state index in [0.717, 1.165) is 72.2 Å². The SMILES string of the molecule is COc1nccc(CN(C(=O)C2=C(c3ccc(CCCOc4c(F)ccc(F)c4Cl)cc3)C3(CC3)CNC2)C2CC2)c1C. The van der Waals surface area contributed by atoms with Crippen LogP contribution in [0.1, 0.15) is 54.4 Å². The van der Waals surface area contributed by atoms with Crippen molar-refractivity contribution in [2.24, 2.45) is 5.41 Å². The van der Waals surface area contributed by atoms with Crippen molar-refractivity contribution in [2.45, 2.75) is 58.0 Å². The van der Waals surface area contributed by atoms with Crippen LogP contribution in [0.15, 0.2) is 54.2 Å². The maximum absolute atomic E-state index is 14.3. The smallest absolute Gasteiger partial charge is 0.251 e. The summed E-state index contributed by atoms with van der Waals surface area (Å²) in [6.07, 6.45) is 7.22. The number of carbonyl (C=O) groups excluding carboxylic acids is 1. The molecule has 6 nitrogen and oxygen atoms in total. The van der Waals surface area contributed by atoms with E-state index in [9.17, 15) is 13.6 Å². The van der Waals surface area contributed by atoms with Crippen LogP contribution >= 0.6 is 11.6 Å². The third-order valence-electron chi connectivity index (χ3n) is 8.86. The lowest BCUT2D eigenvalue weighted by molar-refractivity contribution is -0.128. The van der Waals surface area contributed by atoms with E-state index in [4.69, 9.17) is 21.1 Å². The Balaban J connectivity index is 1.19. The summed E-state index contributed by atoms with van der Waals surface area (Å²) in [4.78, 5) is 20.6. The second-order valence-electron chi connectivity index (χ2n) is 11.8. The van der Waals surface area contributed by atoms with E-state index in [0.29, 0.717) is 31.8 Å². The van der Waals surface area contributed by atoms with Crippen LogP contribution in [-0.2, 0) is 17.8 Å². The molecule has 9 heteroatoms. The summed E-state index contributed by atoms with van der Waals surface area (Å²) in [5.74, 6) is -0.939. The summed E-state index contributed by atoms with van der Waals surface area (Å²) in [6.45, 7) is 4.16. The van der Waals surface area contributed by atoms with Crippen LogP contribution in [0.2, 0.25) is 5.02 Å². The molecule has 43 heavy (non-hydrogen) atoms. The number of aryl methyl sites for hydroxylation is 1. The molecule has 1 spiro atoms. The van der Waals surface area contributed by atoms with Crippen LogP contribution in [0.3, 0.4) is 0 Å². The summed E-state index contributed by atoms with van der Waals surface area (Å²) in [7, 11) is 1.62. The molecule has 0 saturated heterocycles. The van der Waals surface area contributed by atoms with Gasteiger partial charge in [-0.25, -0.2) is 13.8 Å². The molecule has 2 aliphatic carbocycles. The second kappa shape index (κ2) is 12.2. The lowest BCUT2D eigenvalue weighted by Gasteiger charge is -2.33. The molecule has 6 rings (SSSR count). The fourth-order valence-corrected chi connectivity index (χ4v) is 6.34. The minimum atomic E-state index is -0.708. The van der Waals surface area contributed by atoms with Gasteiger partial charge in [-0.1, -0.05) is 35.9 Å². The number of nitrogens with one attached hydrogen (secondary N) is 1. The molecule has 2 heterocycles. The zero-order valence-corrected chi connectivity index (χ0v) is 25.3. The maximum Gasteiger partial charge on any atom is 0.251 e. The predicted octanol–water partition coefficient (Wildman–Crippen LogP) is 6.67. The highest BCUT2D eigenvalue weighted by Crippen LogP contribution is 2.57. The topological polar surface area (TPSA) is 63.7 Å². The van der Waals surface area contributed by atoms with Gasteiger partial charge in [0.25, 0.3) is 5.91 Å². The number of carbonyl (C=O) groups is 1. The minimum Gasteiger partial charge on any atom is -0.489 e. The van der Waals surface area contributed by atoms with Gasteiger partial charge in [-0.05, 0) is 85.9 Å². The van der Waals surface area contributed by atoms with Crippen molar-refractivity contribution < 1.29 is 23.0 Å². The van der Waals surface area contributed by atoms with Gasteiger partial charge in [-0.3, -0.25) is 4.79 Å². The number of hydrogen-bond acceptors (Lipinski definition) is 5. The molecule has 3 aliphatic rings. The van der Waals surface area contributed by atoms with E-state index < -0.39 is 11.6 Å². The van der Waals surface area contributed by atoms with Crippen molar-refractivity contribution >= 4 is 23.1 Å². The number of amides is 1. The van der Waals surface area contributed by atoms with Gasteiger partial charge >= 0.3 is 0 Å². The van der Waals surface area contributed by atoms with E-state index in [-0.39, 0.29) is 34.7 Å². The number of methoxy groups -OCH3 is 1. The molecule has 0 atom stereocenters. The molecule has 3 aromatic rings. The summed E-state index contributed by atoms with van der Waals surface area (Å²) in [5.41, 5.74) is 6.25. The van der Waals surface area contributed by atoms with Gasteiger partial charge in [0.2, 0.25) is 5.88 Å². The van der Waals surface area contributed by atoms with Crippen molar-refractivity contribution in [3.63, 3.8) is 0 Å². The summed E-state index contributed by atoms with van der Waals surface area (Å²) < 4.78 is 38.6. The fourth-order valence-electron chi connectivity index (χ4n) is 6.13. The van der Waals surface area contributed by atoms with Gasteiger partial charge in [0.1, 0.15) is 10.8 Å². The number of benzene rings is 2. The molecule has 1 aliphatic heterocycles. The molecular weight excluding hydrogens is 572 g/mol. The monoisotopic (exact) mass is 607 g/mol. The van der Waals surface area contributed by atoms with Gasteiger partial charge in [0.15, 0.2) is 11.6 Å². The number of rotatable bonds is 11. The number of ether oxygens (including phenoxy) is 2. The summed E-state index contributed by atoms with van der Waals surface area (Å²) >= 11 is 5.86. The van der Waals surface area contributed by atoms with Crippen LogP contribution in [0, 0.1) is 24.0 Å². The van der Waals surface area contributed by atoms with E-state index in [1.54, 1.807) is 13.3 Å². The first-order valence-electron chi connectivity index (χ1n) is 14.9. The quantitative estimate of drug-likeness (QED) is 0.195. The van der Waals surface area contributed by atoms with Crippen LogP contribution in [-0.4, -0.2) is 48.6 Å². The van der Waals surface area contributed by atoms with Gasteiger partial charge in [-0.2, -0.15) is 0 Å². The highest BCUT2D eigenvalue weighted by atomic mass is 35.5. The number of pyridine rings is 1. The Morgan fingerprint density at radius 1 is 1.12 bits per heavy atom. The largest absolute Gasteiger partial charge is 0.489 e. The Hall–Kier alpha value is -3.49. The van der Waals surface area contributed by atoms with Crippen molar-refractivity contribution in [3.05, 3.63) is 93.1 Å². The normalized spacial score (nSPS) is 17.2. The Labute approximate surface area is 256 Å². The molecule has 226 valence electrons. The Morgan fingerprint density at radius 3 is 2.56 bits per heavy atom. The van der Waals surface area contributed by atoms with Crippen LogP contribution in [0.25, 0.3) is 5.57 Å². The molecule has 2 aromatic carbocycles. The predicted molar refractivity (Wildman–Crippen MR) is 162 cm³/mol. The van der Waals surface area contributed by atoms with Crippen molar-refractivity contribution in [1.82, 2.24) is 15.2 Å². The fraction of sp³-hybridized carbons (Fsp3) is 0.412. The first kappa shape index (κ1) is 29.6. The van der Waals surface area contributed by atoms with Crippen molar-refractivity contribution in [3.8, 4) is 11.6 Å². The third kappa shape index (κ3) is 6.13. The van der Waals surface area contributed by atoms with Crippen molar-refractivity contribution in [2.75, 3.05) is 26.8 Å². The lowest BCUT2D eigenvalue weighted by atomic mass is 9.82. The van der Waals surface area contributed by atoms with Gasteiger partial charge in [0.05, 0.1) is 13.7 Å². The molecule has 1 amide bonds. The second-order valence-corrected chi connectivity index (χ2v) is 12.2. The standard InChI is InChI=1S/C34H36ClF2N3O3/c1-21-24(13-16-39-32(21)42-2)19-40(25-9-10-25)33(41)26-18-38-20-34(14-15-34)29(26)23-7-5-22(6-8-23)4-3-17-43-31-28(37)12-11-27(36)30(31)35/h5-8,11-13,16,25,38H,3-4,9-10,14-15,17-20H2,1-2H3. The molecule has 0 radical (unpaired) electrons. The third-order valence-corrected chi connectivity index (χ3v) is 9.21. The molecule has 2 fully saturated rings. The Kier molecular flexibility index (Phi) is 8.42. The highest BCUT2D eigenvalue weighted by molar-refractivity contribution is 6.32. The zero-order valence-electron chi connectivity index (χ0n) is 24.5. The Morgan fingerprint density at radius 2 is 1.86 bits per heavy atom. The van der Waals surface area contributed by atoms with Crippen LogP contribution < -0.4 is 14.8 Å². The summed E-state index contributed by atoms with van der Waals surface area (Å²) in [5, 5.41) is 3.20. The average molecular weight is 608 g/mol.